The number of halogens is 1. The molecule has 0 unspecified atom stereocenters. The van der Waals surface area contributed by atoms with Crippen LogP contribution >= 0.6 is 24.0 Å². The van der Waals surface area contributed by atoms with Gasteiger partial charge >= 0.3 is 0 Å². The zero-order valence-electron chi connectivity index (χ0n) is 10.6. The standard InChI is InChI=1S/C11H19N5O.HI/c1-15-9-10(8-14-15)2-3-13-11(12)16-4-6-17-7-5-16;/h8-9H,2-7H2,1H3,(H2,12,13);1H. The number of hydrogen-bond acceptors (Lipinski definition) is 3. The number of nitrogens with two attached hydrogens (primary N) is 1. The number of morpholine rings is 1. The Labute approximate surface area is 124 Å². The van der Waals surface area contributed by atoms with Gasteiger partial charge in [0.05, 0.1) is 19.4 Å². The third kappa shape index (κ3) is 4.45. The zero-order valence-corrected chi connectivity index (χ0v) is 12.9. The van der Waals surface area contributed by atoms with E-state index in [0.717, 1.165) is 32.7 Å². The summed E-state index contributed by atoms with van der Waals surface area (Å²) in [6.07, 6.45) is 4.74. The minimum absolute atomic E-state index is 0. The van der Waals surface area contributed by atoms with Crippen LogP contribution in [0.5, 0.6) is 0 Å². The fourth-order valence-electron chi connectivity index (χ4n) is 1.79. The van der Waals surface area contributed by atoms with Gasteiger partial charge in [-0.2, -0.15) is 5.10 Å². The lowest BCUT2D eigenvalue weighted by Gasteiger charge is -2.27. The molecule has 1 fully saturated rings. The van der Waals surface area contributed by atoms with E-state index in [1.807, 2.05) is 19.4 Å². The van der Waals surface area contributed by atoms with Gasteiger partial charge in [-0.1, -0.05) is 0 Å². The highest BCUT2D eigenvalue weighted by Crippen LogP contribution is 1.99. The number of aliphatic imine (C=N–C) groups is 1. The Kier molecular flexibility index (Phi) is 6.41. The first-order valence-electron chi connectivity index (χ1n) is 5.86. The monoisotopic (exact) mass is 365 g/mol. The van der Waals surface area contributed by atoms with Crippen molar-refractivity contribution in [3.63, 3.8) is 0 Å². The third-order valence-electron chi connectivity index (χ3n) is 2.77. The first-order chi connectivity index (χ1) is 8.25. The molecule has 6 nitrogen and oxygen atoms in total. The molecule has 0 amide bonds. The second kappa shape index (κ2) is 7.57. The minimum atomic E-state index is 0. The van der Waals surface area contributed by atoms with Gasteiger partial charge < -0.3 is 15.4 Å². The molecule has 0 saturated carbocycles. The lowest BCUT2D eigenvalue weighted by molar-refractivity contribution is 0.0674. The molecule has 2 N–H and O–H groups in total. The van der Waals surface area contributed by atoms with Crippen LogP contribution in [0, 0.1) is 0 Å². The Balaban J connectivity index is 0.00000162. The average molecular weight is 365 g/mol. The Morgan fingerprint density at radius 1 is 1.50 bits per heavy atom. The van der Waals surface area contributed by atoms with Crippen molar-refractivity contribution in [2.75, 3.05) is 32.8 Å². The van der Waals surface area contributed by atoms with Gasteiger partial charge in [-0.25, -0.2) is 0 Å². The predicted octanol–water partition coefficient (Wildman–Crippen LogP) is 0.227. The highest BCUT2D eigenvalue weighted by atomic mass is 127. The largest absolute Gasteiger partial charge is 0.378 e. The Bertz CT molecular complexity index is 387. The van der Waals surface area contributed by atoms with Crippen molar-refractivity contribution in [3.8, 4) is 0 Å². The molecule has 18 heavy (non-hydrogen) atoms. The molecule has 0 radical (unpaired) electrons. The number of ether oxygens (including phenoxy) is 1. The summed E-state index contributed by atoms with van der Waals surface area (Å²) in [4.78, 5) is 6.44. The van der Waals surface area contributed by atoms with E-state index in [0.29, 0.717) is 12.5 Å². The summed E-state index contributed by atoms with van der Waals surface area (Å²) < 4.78 is 7.06. The molecule has 0 atom stereocenters. The van der Waals surface area contributed by atoms with E-state index >= 15 is 0 Å². The quantitative estimate of drug-likeness (QED) is 0.473. The Morgan fingerprint density at radius 2 is 2.22 bits per heavy atom. The summed E-state index contributed by atoms with van der Waals surface area (Å²) in [5.74, 6) is 0.622. The highest BCUT2D eigenvalue weighted by Gasteiger charge is 2.11. The average Bonchev–Trinajstić information content (AvgIpc) is 2.76. The maximum atomic E-state index is 5.92. The molecule has 2 rings (SSSR count). The van der Waals surface area contributed by atoms with E-state index in [9.17, 15) is 0 Å². The van der Waals surface area contributed by atoms with E-state index in [2.05, 4.69) is 15.0 Å². The summed E-state index contributed by atoms with van der Waals surface area (Å²) >= 11 is 0. The number of nitrogens with zero attached hydrogens (tertiary/aromatic N) is 4. The van der Waals surface area contributed by atoms with Crippen LogP contribution in [0.4, 0.5) is 0 Å². The lowest BCUT2D eigenvalue weighted by atomic mass is 10.3. The van der Waals surface area contributed by atoms with Gasteiger partial charge in [-0.3, -0.25) is 9.67 Å². The van der Waals surface area contributed by atoms with Crippen molar-refractivity contribution < 1.29 is 4.74 Å². The van der Waals surface area contributed by atoms with Crippen LogP contribution in [-0.4, -0.2) is 53.5 Å². The van der Waals surface area contributed by atoms with Crippen molar-refractivity contribution in [1.29, 1.82) is 0 Å². The molecule has 0 aliphatic carbocycles. The summed E-state index contributed by atoms with van der Waals surface area (Å²) in [6, 6.07) is 0. The van der Waals surface area contributed by atoms with Crippen molar-refractivity contribution >= 4 is 29.9 Å². The maximum Gasteiger partial charge on any atom is 0.191 e. The summed E-state index contributed by atoms with van der Waals surface area (Å²) in [5, 5.41) is 4.11. The van der Waals surface area contributed by atoms with Gasteiger partial charge in [-0.05, 0) is 12.0 Å². The van der Waals surface area contributed by atoms with Gasteiger partial charge in [0.15, 0.2) is 5.96 Å². The molecule has 1 aliphatic heterocycles. The van der Waals surface area contributed by atoms with Gasteiger partial charge in [0.1, 0.15) is 0 Å². The van der Waals surface area contributed by atoms with Gasteiger partial charge in [0, 0.05) is 32.9 Å². The summed E-state index contributed by atoms with van der Waals surface area (Å²) in [7, 11) is 1.91. The van der Waals surface area contributed by atoms with E-state index in [-0.39, 0.29) is 24.0 Å². The second-order valence-corrected chi connectivity index (χ2v) is 4.11. The molecular weight excluding hydrogens is 345 g/mol. The molecule has 0 aromatic carbocycles. The molecular formula is C11H20IN5O. The summed E-state index contributed by atoms with van der Waals surface area (Å²) in [5.41, 5.74) is 7.10. The number of hydrogen-bond donors (Lipinski definition) is 1. The third-order valence-corrected chi connectivity index (χ3v) is 2.77. The van der Waals surface area contributed by atoms with Gasteiger partial charge in [0.2, 0.25) is 0 Å². The molecule has 0 spiro atoms. The molecule has 1 saturated heterocycles. The first kappa shape index (κ1) is 15.2. The molecule has 1 aliphatic rings. The van der Waals surface area contributed by atoms with E-state index in [1.165, 1.54) is 5.56 Å². The van der Waals surface area contributed by atoms with Crippen LogP contribution in [0.15, 0.2) is 17.4 Å². The van der Waals surface area contributed by atoms with Crippen LogP contribution in [0.3, 0.4) is 0 Å². The van der Waals surface area contributed by atoms with E-state index in [4.69, 9.17) is 10.5 Å². The van der Waals surface area contributed by atoms with E-state index < -0.39 is 0 Å². The van der Waals surface area contributed by atoms with Crippen molar-refractivity contribution in [2.24, 2.45) is 17.8 Å². The number of aromatic nitrogens is 2. The van der Waals surface area contributed by atoms with Crippen LogP contribution in [0.25, 0.3) is 0 Å². The smallest absolute Gasteiger partial charge is 0.191 e. The van der Waals surface area contributed by atoms with Crippen LogP contribution in [-0.2, 0) is 18.2 Å². The second-order valence-electron chi connectivity index (χ2n) is 4.11. The van der Waals surface area contributed by atoms with Crippen LogP contribution in [0.1, 0.15) is 5.56 Å². The SMILES string of the molecule is Cn1cc(CCN=C(N)N2CCOCC2)cn1.I. The Morgan fingerprint density at radius 3 is 2.83 bits per heavy atom. The van der Waals surface area contributed by atoms with Crippen LogP contribution in [0.2, 0.25) is 0 Å². The minimum Gasteiger partial charge on any atom is -0.378 e. The Hall–Kier alpha value is -0.830. The lowest BCUT2D eigenvalue weighted by Crippen LogP contribution is -2.44. The predicted molar refractivity (Wildman–Crippen MR) is 81.2 cm³/mol. The molecule has 0 bridgehead atoms. The van der Waals surface area contributed by atoms with Crippen molar-refractivity contribution in [2.45, 2.75) is 6.42 Å². The molecule has 2 heterocycles. The van der Waals surface area contributed by atoms with Crippen LogP contribution < -0.4 is 5.73 Å². The van der Waals surface area contributed by atoms with Gasteiger partial charge in [-0.15, -0.1) is 24.0 Å². The first-order valence-corrected chi connectivity index (χ1v) is 5.86. The van der Waals surface area contributed by atoms with Crippen molar-refractivity contribution in [1.82, 2.24) is 14.7 Å². The molecule has 102 valence electrons. The molecule has 1 aromatic heterocycles. The number of rotatable bonds is 3. The van der Waals surface area contributed by atoms with Crippen molar-refractivity contribution in [3.05, 3.63) is 18.0 Å². The fraction of sp³-hybridized carbons (Fsp3) is 0.636. The topological polar surface area (TPSA) is 68.7 Å². The fourth-order valence-corrected chi connectivity index (χ4v) is 1.79. The highest BCUT2D eigenvalue weighted by molar-refractivity contribution is 14.0. The zero-order chi connectivity index (χ0) is 12.1. The normalized spacial score (nSPS) is 16.5. The summed E-state index contributed by atoms with van der Waals surface area (Å²) in [6.45, 7) is 3.84. The molecule has 7 heteroatoms. The number of aryl methyl sites for hydroxylation is 1. The van der Waals surface area contributed by atoms with E-state index in [1.54, 1.807) is 4.68 Å². The van der Waals surface area contributed by atoms with Gasteiger partial charge in [0.25, 0.3) is 0 Å². The molecule has 1 aromatic rings. The number of guanidine groups is 1. The maximum absolute atomic E-state index is 5.92.